The molecular weight excluding hydrogens is 409 g/mol. The Balaban J connectivity index is 2.06. The highest BCUT2D eigenvalue weighted by Gasteiger charge is 2.32. The molecule has 3 rings (SSSR count). The molecule has 0 bridgehead atoms. The van der Waals surface area contributed by atoms with Crippen LogP contribution in [0.3, 0.4) is 0 Å². The molecule has 0 fully saturated rings. The molecular formula is C19H16ClF3N4S. The Morgan fingerprint density at radius 3 is 2.57 bits per heavy atom. The van der Waals surface area contributed by atoms with Crippen molar-refractivity contribution in [3.05, 3.63) is 77.4 Å². The summed E-state index contributed by atoms with van der Waals surface area (Å²) in [4.78, 5) is 3.97. The molecule has 9 heteroatoms. The monoisotopic (exact) mass is 424 g/mol. The van der Waals surface area contributed by atoms with Gasteiger partial charge in [-0.05, 0) is 25.1 Å². The summed E-state index contributed by atoms with van der Waals surface area (Å²) in [5, 5.41) is 9.10. The molecule has 4 nitrogen and oxygen atoms in total. The maximum atomic E-state index is 12.9. The maximum Gasteiger partial charge on any atom is 0.417 e. The summed E-state index contributed by atoms with van der Waals surface area (Å²) in [6, 6.07) is 10.3. The van der Waals surface area contributed by atoms with Gasteiger partial charge in [0.15, 0.2) is 5.16 Å². The normalized spacial score (nSPS) is 12.8. The van der Waals surface area contributed by atoms with Gasteiger partial charge in [0.05, 0.1) is 22.2 Å². The molecule has 0 unspecified atom stereocenters. The molecule has 146 valence electrons. The van der Waals surface area contributed by atoms with E-state index < -0.39 is 17.7 Å². The first-order valence-corrected chi connectivity index (χ1v) is 9.66. The summed E-state index contributed by atoms with van der Waals surface area (Å²) in [5.41, 5.74) is 0.253. The first-order valence-electron chi connectivity index (χ1n) is 8.30. The molecule has 0 radical (unpaired) electrons. The summed E-state index contributed by atoms with van der Waals surface area (Å²) in [5.74, 6) is 0.700. The van der Waals surface area contributed by atoms with E-state index in [1.807, 2.05) is 34.9 Å². The van der Waals surface area contributed by atoms with E-state index in [1.165, 1.54) is 11.8 Å². The van der Waals surface area contributed by atoms with Crippen LogP contribution in [0.15, 0.2) is 60.4 Å². The fourth-order valence-corrected chi connectivity index (χ4v) is 3.68. The van der Waals surface area contributed by atoms with E-state index >= 15 is 0 Å². The zero-order valence-corrected chi connectivity index (χ0v) is 16.4. The minimum Gasteiger partial charge on any atom is -0.273 e. The van der Waals surface area contributed by atoms with Crippen LogP contribution in [0.25, 0.3) is 5.69 Å². The van der Waals surface area contributed by atoms with Crippen LogP contribution in [0.2, 0.25) is 5.02 Å². The number of hydrogen-bond acceptors (Lipinski definition) is 4. The van der Waals surface area contributed by atoms with Gasteiger partial charge in [-0.1, -0.05) is 47.6 Å². The lowest BCUT2D eigenvalue weighted by molar-refractivity contribution is -0.137. The van der Waals surface area contributed by atoms with Crippen LogP contribution in [-0.4, -0.2) is 25.5 Å². The molecule has 0 amide bonds. The smallest absolute Gasteiger partial charge is 0.273 e. The van der Waals surface area contributed by atoms with Gasteiger partial charge in [-0.25, -0.2) is 0 Å². The third kappa shape index (κ3) is 4.23. The first kappa shape index (κ1) is 20.4. The number of nitrogens with zero attached hydrogens (tertiary/aromatic N) is 4. The molecule has 0 N–H and O–H groups in total. The van der Waals surface area contributed by atoms with E-state index in [2.05, 4.69) is 21.8 Å². The molecule has 3 aromatic rings. The summed E-state index contributed by atoms with van der Waals surface area (Å²) >= 11 is 7.59. The number of pyridine rings is 1. The van der Waals surface area contributed by atoms with Crippen LogP contribution >= 0.6 is 23.4 Å². The molecule has 0 aliphatic carbocycles. The number of hydrogen-bond donors (Lipinski definition) is 0. The van der Waals surface area contributed by atoms with Crippen molar-refractivity contribution in [2.75, 3.05) is 5.75 Å². The number of rotatable bonds is 6. The van der Waals surface area contributed by atoms with Gasteiger partial charge in [0, 0.05) is 17.6 Å². The van der Waals surface area contributed by atoms with Crippen molar-refractivity contribution in [1.29, 1.82) is 0 Å². The van der Waals surface area contributed by atoms with E-state index in [1.54, 1.807) is 13.0 Å². The van der Waals surface area contributed by atoms with E-state index in [0.29, 0.717) is 22.4 Å². The third-order valence-electron chi connectivity index (χ3n) is 4.00. The van der Waals surface area contributed by atoms with Crippen LogP contribution in [0.1, 0.15) is 29.9 Å². The lowest BCUT2D eigenvalue weighted by atomic mass is 10.0. The van der Waals surface area contributed by atoms with E-state index in [9.17, 15) is 13.2 Å². The number of para-hydroxylation sites is 1. The van der Waals surface area contributed by atoms with Crippen molar-refractivity contribution in [1.82, 2.24) is 19.7 Å². The van der Waals surface area contributed by atoms with Crippen LogP contribution in [-0.2, 0) is 6.18 Å². The van der Waals surface area contributed by atoms with Gasteiger partial charge < -0.3 is 0 Å². The number of aromatic nitrogens is 4. The zero-order chi connectivity index (χ0) is 20.3. The summed E-state index contributed by atoms with van der Waals surface area (Å²) < 4.78 is 40.5. The Labute approximate surface area is 169 Å². The van der Waals surface area contributed by atoms with Gasteiger partial charge in [0.1, 0.15) is 5.82 Å². The first-order chi connectivity index (χ1) is 13.3. The van der Waals surface area contributed by atoms with E-state index in [-0.39, 0.29) is 5.02 Å². The largest absolute Gasteiger partial charge is 0.417 e. The fraction of sp³-hybridized carbons (Fsp3) is 0.211. The van der Waals surface area contributed by atoms with Gasteiger partial charge in [-0.15, -0.1) is 16.8 Å². The molecule has 1 aromatic carbocycles. The van der Waals surface area contributed by atoms with Crippen molar-refractivity contribution in [3.8, 4) is 5.69 Å². The summed E-state index contributed by atoms with van der Waals surface area (Å²) in [7, 11) is 0. The predicted molar refractivity (Wildman–Crippen MR) is 104 cm³/mol. The van der Waals surface area contributed by atoms with Gasteiger partial charge in [-0.2, -0.15) is 13.2 Å². The van der Waals surface area contributed by atoms with Crippen molar-refractivity contribution in [3.63, 3.8) is 0 Å². The fourth-order valence-electron chi connectivity index (χ4n) is 2.65. The average molecular weight is 425 g/mol. The summed E-state index contributed by atoms with van der Waals surface area (Å²) in [6.45, 7) is 5.49. The van der Waals surface area contributed by atoms with Gasteiger partial charge >= 0.3 is 6.18 Å². The maximum absolute atomic E-state index is 12.9. The van der Waals surface area contributed by atoms with Gasteiger partial charge in [0.2, 0.25) is 0 Å². The molecule has 2 heterocycles. The highest BCUT2D eigenvalue weighted by Crippen LogP contribution is 2.35. The van der Waals surface area contributed by atoms with Crippen molar-refractivity contribution < 1.29 is 13.2 Å². The van der Waals surface area contributed by atoms with Crippen LogP contribution in [0.5, 0.6) is 0 Å². The summed E-state index contributed by atoms with van der Waals surface area (Å²) in [6.07, 6.45) is -1.96. The predicted octanol–water partition coefficient (Wildman–Crippen LogP) is 5.76. The zero-order valence-electron chi connectivity index (χ0n) is 14.8. The minimum atomic E-state index is -4.50. The molecule has 0 spiro atoms. The molecule has 1 atom stereocenters. The molecule has 2 aromatic heterocycles. The quantitative estimate of drug-likeness (QED) is 0.372. The Hall–Kier alpha value is -2.32. The average Bonchev–Trinajstić information content (AvgIpc) is 3.09. The number of benzene rings is 1. The number of alkyl halides is 3. The molecule has 0 saturated heterocycles. The topological polar surface area (TPSA) is 43.6 Å². The van der Waals surface area contributed by atoms with Crippen molar-refractivity contribution >= 4 is 23.4 Å². The molecule has 0 aliphatic rings. The van der Waals surface area contributed by atoms with Gasteiger partial charge in [-0.3, -0.25) is 9.55 Å². The minimum absolute atomic E-state index is 0.0646. The second-order valence-electron chi connectivity index (χ2n) is 5.92. The van der Waals surface area contributed by atoms with E-state index in [4.69, 9.17) is 11.6 Å². The lowest BCUT2D eigenvalue weighted by Crippen LogP contribution is -2.11. The highest BCUT2D eigenvalue weighted by molar-refractivity contribution is 7.99. The second-order valence-corrected chi connectivity index (χ2v) is 7.32. The standard InChI is InChI=1S/C19H16ClF3N4S/c1-3-9-28-18-26-25-17(27(18)14-7-5-4-6-8-14)12(2)16-15(20)10-13(11-24-16)19(21,22)23/h3-8,10-12H,1,9H2,2H3/t12-/m1/s1. The SMILES string of the molecule is C=CCSc1nnc([C@H](C)c2ncc(C(F)(F)F)cc2Cl)n1-c1ccccc1. The Bertz CT molecular complexity index is 973. The van der Waals surface area contributed by atoms with Crippen LogP contribution in [0.4, 0.5) is 13.2 Å². The van der Waals surface area contributed by atoms with Crippen molar-refractivity contribution in [2.24, 2.45) is 0 Å². The third-order valence-corrected chi connectivity index (χ3v) is 5.23. The Morgan fingerprint density at radius 2 is 1.96 bits per heavy atom. The van der Waals surface area contributed by atoms with Gasteiger partial charge in [0.25, 0.3) is 0 Å². The number of thioether (sulfide) groups is 1. The van der Waals surface area contributed by atoms with Crippen molar-refractivity contribution in [2.45, 2.75) is 24.2 Å². The van der Waals surface area contributed by atoms with E-state index in [0.717, 1.165) is 18.0 Å². The Kier molecular flexibility index (Phi) is 6.10. The highest BCUT2D eigenvalue weighted by atomic mass is 35.5. The molecule has 28 heavy (non-hydrogen) atoms. The Morgan fingerprint density at radius 1 is 1.25 bits per heavy atom. The molecule has 0 aliphatic heterocycles. The van der Waals surface area contributed by atoms with Crippen LogP contribution in [0, 0.1) is 0 Å². The lowest BCUT2D eigenvalue weighted by Gasteiger charge is -2.16. The number of halogens is 4. The van der Waals surface area contributed by atoms with Crippen LogP contribution < -0.4 is 0 Å². The molecule has 0 saturated carbocycles. The second kappa shape index (κ2) is 8.36.